The number of nitrogens with zero attached hydrogens (tertiary/aromatic N) is 1. The van der Waals surface area contributed by atoms with E-state index in [0.717, 1.165) is 5.56 Å². The molecule has 0 spiro atoms. The Morgan fingerprint density at radius 1 is 1.43 bits per heavy atom. The van der Waals surface area contributed by atoms with Crippen molar-refractivity contribution in [3.63, 3.8) is 0 Å². The van der Waals surface area contributed by atoms with E-state index in [4.69, 9.17) is 0 Å². The monoisotopic (exact) mass is 191 g/mol. The molecule has 72 valence electrons. The maximum absolute atomic E-state index is 10.4. The highest BCUT2D eigenvalue weighted by atomic mass is 16.6. The van der Waals surface area contributed by atoms with E-state index in [2.05, 4.69) is 0 Å². The maximum Gasteiger partial charge on any atom is 0.269 e. The first-order chi connectivity index (χ1) is 6.74. The summed E-state index contributed by atoms with van der Waals surface area (Å²) in [6.45, 7) is 0. The Hall–Kier alpha value is -1.97. The van der Waals surface area contributed by atoms with E-state index < -0.39 is 4.92 Å². The molecule has 0 heterocycles. The number of rotatable bonds is 4. The molecular weight excluding hydrogens is 182 g/mol. The van der Waals surface area contributed by atoms with Gasteiger partial charge in [-0.05, 0) is 18.1 Å². The van der Waals surface area contributed by atoms with Gasteiger partial charge in [-0.2, -0.15) is 0 Å². The lowest BCUT2D eigenvalue weighted by molar-refractivity contribution is -0.384. The normalized spacial score (nSPS) is 10.3. The average molecular weight is 191 g/mol. The largest absolute Gasteiger partial charge is 0.299 e. The van der Waals surface area contributed by atoms with Gasteiger partial charge in [0, 0.05) is 12.1 Å². The number of carbonyl (C=O) groups excluding carboxylic acids is 1. The summed E-state index contributed by atoms with van der Waals surface area (Å²) in [7, 11) is 0. The van der Waals surface area contributed by atoms with E-state index in [0.29, 0.717) is 12.7 Å². The summed E-state index contributed by atoms with van der Waals surface area (Å²) in [4.78, 5) is 20.0. The van der Waals surface area contributed by atoms with E-state index in [1.54, 1.807) is 18.2 Å². The van der Waals surface area contributed by atoms with Gasteiger partial charge >= 0.3 is 0 Å². The number of nitro benzene ring substituents is 1. The van der Waals surface area contributed by atoms with Crippen LogP contribution in [-0.2, 0) is 11.2 Å². The molecule has 0 amide bonds. The Balaban J connectivity index is 2.78. The fourth-order valence-corrected chi connectivity index (χ4v) is 1.06. The number of hydrogen-bond donors (Lipinski definition) is 0. The molecule has 14 heavy (non-hydrogen) atoms. The molecule has 1 rings (SSSR count). The number of allylic oxidation sites excluding steroid dienone is 2. The van der Waals surface area contributed by atoms with Crippen molar-refractivity contribution in [3.05, 3.63) is 52.1 Å². The highest BCUT2D eigenvalue weighted by Gasteiger charge is 2.03. The van der Waals surface area contributed by atoms with Crippen molar-refractivity contribution in [2.45, 2.75) is 6.42 Å². The Kier molecular flexibility index (Phi) is 3.55. The van der Waals surface area contributed by atoms with Crippen LogP contribution in [0.15, 0.2) is 36.4 Å². The number of aldehydes is 1. The molecule has 0 aromatic heterocycles. The Morgan fingerprint density at radius 2 is 2.21 bits per heavy atom. The zero-order valence-electron chi connectivity index (χ0n) is 7.42. The summed E-state index contributed by atoms with van der Waals surface area (Å²) in [6, 6.07) is 6.34. The zero-order valence-corrected chi connectivity index (χ0v) is 7.42. The third-order valence-corrected chi connectivity index (χ3v) is 1.69. The molecule has 0 N–H and O–H groups in total. The lowest BCUT2D eigenvalue weighted by Gasteiger charge is -1.95. The van der Waals surface area contributed by atoms with Crippen LogP contribution in [0.3, 0.4) is 0 Å². The quantitative estimate of drug-likeness (QED) is 0.316. The van der Waals surface area contributed by atoms with Crippen LogP contribution < -0.4 is 0 Å². The number of carbonyl (C=O) groups is 1. The Labute approximate surface area is 81.0 Å². The van der Waals surface area contributed by atoms with Crippen molar-refractivity contribution in [2.24, 2.45) is 0 Å². The Morgan fingerprint density at radius 3 is 2.86 bits per heavy atom. The van der Waals surface area contributed by atoms with Gasteiger partial charge in [-0.25, -0.2) is 0 Å². The first-order valence-electron chi connectivity index (χ1n) is 4.07. The summed E-state index contributed by atoms with van der Waals surface area (Å²) in [5.74, 6) is 0. The second-order valence-electron chi connectivity index (χ2n) is 2.70. The molecule has 0 atom stereocenters. The lowest BCUT2D eigenvalue weighted by atomic mass is 10.1. The van der Waals surface area contributed by atoms with Gasteiger partial charge in [0.25, 0.3) is 5.69 Å². The van der Waals surface area contributed by atoms with Gasteiger partial charge in [-0.3, -0.25) is 14.9 Å². The van der Waals surface area contributed by atoms with Crippen LogP contribution in [0.4, 0.5) is 5.69 Å². The molecule has 0 bridgehead atoms. The summed E-state index contributed by atoms with van der Waals surface area (Å²) >= 11 is 0. The third kappa shape index (κ3) is 2.82. The minimum atomic E-state index is -0.438. The van der Waals surface area contributed by atoms with Gasteiger partial charge in [-0.1, -0.05) is 18.2 Å². The predicted octanol–water partition coefficient (Wildman–Crippen LogP) is 1.89. The van der Waals surface area contributed by atoms with Crippen molar-refractivity contribution in [3.8, 4) is 0 Å². The second kappa shape index (κ2) is 4.91. The smallest absolute Gasteiger partial charge is 0.269 e. The standard InChI is InChI=1S/C10H9NO3/c12-7-2-1-4-9-5-3-6-10(8-9)11(13)14/h1-3,5-8H,4H2. The molecule has 0 radical (unpaired) electrons. The fraction of sp³-hybridized carbons (Fsp3) is 0.100. The van der Waals surface area contributed by atoms with E-state index in [1.807, 2.05) is 0 Å². The van der Waals surface area contributed by atoms with Crippen LogP contribution in [0.25, 0.3) is 0 Å². The summed E-state index contributed by atoms with van der Waals surface area (Å²) in [5, 5.41) is 10.4. The van der Waals surface area contributed by atoms with E-state index in [1.165, 1.54) is 18.2 Å². The average Bonchev–Trinajstić information content (AvgIpc) is 2.19. The lowest BCUT2D eigenvalue weighted by Crippen LogP contribution is -1.89. The summed E-state index contributed by atoms with van der Waals surface area (Å²) in [6.07, 6.45) is 4.24. The highest BCUT2D eigenvalue weighted by Crippen LogP contribution is 2.13. The van der Waals surface area contributed by atoms with Gasteiger partial charge < -0.3 is 0 Å². The van der Waals surface area contributed by atoms with Crippen LogP contribution in [-0.4, -0.2) is 11.2 Å². The Bertz CT molecular complexity index is 371. The number of benzene rings is 1. The van der Waals surface area contributed by atoms with Gasteiger partial charge in [-0.15, -0.1) is 0 Å². The molecule has 0 saturated heterocycles. The molecule has 0 aliphatic rings. The van der Waals surface area contributed by atoms with Gasteiger partial charge in [0.1, 0.15) is 6.29 Å². The van der Waals surface area contributed by atoms with Crippen LogP contribution in [0, 0.1) is 10.1 Å². The molecular formula is C10H9NO3. The fourth-order valence-electron chi connectivity index (χ4n) is 1.06. The predicted molar refractivity (Wildman–Crippen MR) is 52.0 cm³/mol. The van der Waals surface area contributed by atoms with Gasteiger partial charge in [0.15, 0.2) is 0 Å². The van der Waals surface area contributed by atoms with Crippen LogP contribution in [0.1, 0.15) is 5.56 Å². The van der Waals surface area contributed by atoms with Gasteiger partial charge in [0.05, 0.1) is 4.92 Å². The zero-order chi connectivity index (χ0) is 10.4. The molecule has 0 unspecified atom stereocenters. The summed E-state index contributed by atoms with van der Waals surface area (Å²) < 4.78 is 0. The number of hydrogen-bond acceptors (Lipinski definition) is 3. The molecule has 1 aromatic rings. The van der Waals surface area contributed by atoms with Gasteiger partial charge in [0.2, 0.25) is 0 Å². The second-order valence-corrected chi connectivity index (χ2v) is 2.70. The highest BCUT2D eigenvalue weighted by molar-refractivity contribution is 5.64. The molecule has 0 fully saturated rings. The summed E-state index contributed by atoms with van der Waals surface area (Å²) in [5.41, 5.74) is 0.888. The number of nitro groups is 1. The molecule has 4 heteroatoms. The van der Waals surface area contributed by atoms with E-state index >= 15 is 0 Å². The van der Waals surface area contributed by atoms with Crippen molar-refractivity contribution in [2.75, 3.05) is 0 Å². The third-order valence-electron chi connectivity index (χ3n) is 1.69. The molecule has 0 saturated carbocycles. The minimum Gasteiger partial charge on any atom is -0.299 e. The van der Waals surface area contributed by atoms with E-state index in [9.17, 15) is 14.9 Å². The minimum absolute atomic E-state index is 0.0713. The van der Waals surface area contributed by atoms with Crippen molar-refractivity contribution < 1.29 is 9.72 Å². The van der Waals surface area contributed by atoms with Crippen molar-refractivity contribution in [1.29, 1.82) is 0 Å². The van der Waals surface area contributed by atoms with E-state index in [-0.39, 0.29) is 5.69 Å². The molecule has 1 aromatic carbocycles. The topological polar surface area (TPSA) is 60.2 Å². The first kappa shape index (κ1) is 10.1. The van der Waals surface area contributed by atoms with Crippen molar-refractivity contribution >= 4 is 12.0 Å². The molecule has 0 aliphatic carbocycles. The number of non-ortho nitro benzene ring substituents is 1. The van der Waals surface area contributed by atoms with Crippen LogP contribution in [0.5, 0.6) is 0 Å². The van der Waals surface area contributed by atoms with Crippen LogP contribution >= 0.6 is 0 Å². The van der Waals surface area contributed by atoms with Crippen LogP contribution in [0.2, 0.25) is 0 Å². The molecule has 4 nitrogen and oxygen atoms in total. The van der Waals surface area contributed by atoms with Crippen molar-refractivity contribution in [1.82, 2.24) is 0 Å². The molecule has 0 aliphatic heterocycles. The maximum atomic E-state index is 10.4. The SMILES string of the molecule is O=CC=CCc1cccc([N+](=O)[O-])c1. The first-order valence-corrected chi connectivity index (χ1v) is 4.07.